The standard InChI is InChI=1S/C7H10O/c1-5-3-2-4-6-7(5)8-6/h6-7H,1-4H2. The van der Waals surface area contributed by atoms with Crippen molar-refractivity contribution in [3.63, 3.8) is 0 Å². The zero-order valence-corrected chi connectivity index (χ0v) is 4.89. The summed E-state index contributed by atoms with van der Waals surface area (Å²) in [5.41, 5.74) is 1.32. The fourth-order valence-electron chi connectivity index (χ4n) is 1.39. The third-order valence-corrected chi connectivity index (χ3v) is 1.97. The number of epoxide rings is 1. The van der Waals surface area contributed by atoms with E-state index < -0.39 is 0 Å². The van der Waals surface area contributed by atoms with Crippen LogP contribution in [0.25, 0.3) is 0 Å². The Morgan fingerprint density at radius 1 is 1.62 bits per heavy atom. The van der Waals surface area contributed by atoms with Crippen molar-refractivity contribution in [3.05, 3.63) is 12.2 Å². The normalized spacial score (nSPS) is 43.8. The largest absolute Gasteiger partial charge is 0.365 e. The minimum atomic E-state index is 0.476. The third-order valence-electron chi connectivity index (χ3n) is 1.97. The molecule has 2 unspecified atom stereocenters. The Hall–Kier alpha value is -0.300. The van der Waals surface area contributed by atoms with Gasteiger partial charge in [-0.05, 0) is 24.8 Å². The molecule has 0 aromatic rings. The van der Waals surface area contributed by atoms with E-state index in [2.05, 4.69) is 6.58 Å². The lowest BCUT2D eigenvalue weighted by Gasteiger charge is -2.05. The van der Waals surface area contributed by atoms with E-state index in [0.29, 0.717) is 12.2 Å². The van der Waals surface area contributed by atoms with Gasteiger partial charge in [0.1, 0.15) is 6.10 Å². The first-order chi connectivity index (χ1) is 3.88. The molecule has 1 heterocycles. The van der Waals surface area contributed by atoms with Gasteiger partial charge in [-0.2, -0.15) is 0 Å². The zero-order valence-electron chi connectivity index (χ0n) is 4.89. The van der Waals surface area contributed by atoms with Crippen molar-refractivity contribution in [1.82, 2.24) is 0 Å². The molecule has 1 nitrogen and oxygen atoms in total. The SMILES string of the molecule is C=C1CCCC2OC12. The fraction of sp³-hybridized carbons (Fsp3) is 0.714. The molecule has 8 heavy (non-hydrogen) atoms. The highest BCUT2D eigenvalue weighted by Crippen LogP contribution is 2.38. The van der Waals surface area contributed by atoms with Crippen molar-refractivity contribution in [2.45, 2.75) is 31.5 Å². The number of fused-ring (bicyclic) bond motifs is 1. The Morgan fingerprint density at radius 3 is 3.12 bits per heavy atom. The highest BCUT2D eigenvalue weighted by molar-refractivity contribution is 5.15. The number of hydrogen-bond acceptors (Lipinski definition) is 1. The lowest BCUT2D eigenvalue weighted by Crippen LogP contribution is -2.03. The molecule has 1 saturated heterocycles. The summed E-state index contributed by atoms with van der Waals surface area (Å²) in [6, 6.07) is 0. The van der Waals surface area contributed by atoms with Crippen LogP contribution in [0.4, 0.5) is 0 Å². The summed E-state index contributed by atoms with van der Waals surface area (Å²) >= 11 is 0. The van der Waals surface area contributed by atoms with Gasteiger partial charge in [0.15, 0.2) is 0 Å². The molecule has 0 bridgehead atoms. The van der Waals surface area contributed by atoms with E-state index in [9.17, 15) is 0 Å². The molecule has 0 aromatic carbocycles. The molecule has 2 atom stereocenters. The number of hydrogen-bond donors (Lipinski definition) is 0. The number of ether oxygens (including phenoxy) is 1. The highest BCUT2D eigenvalue weighted by atomic mass is 16.6. The summed E-state index contributed by atoms with van der Waals surface area (Å²) in [5.74, 6) is 0. The van der Waals surface area contributed by atoms with Crippen LogP contribution >= 0.6 is 0 Å². The van der Waals surface area contributed by atoms with Crippen LogP contribution in [0.3, 0.4) is 0 Å². The quantitative estimate of drug-likeness (QED) is 0.340. The van der Waals surface area contributed by atoms with E-state index in [4.69, 9.17) is 4.74 Å². The second kappa shape index (κ2) is 1.35. The summed E-state index contributed by atoms with van der Waals surface area (Å²) in [6.07, 6.45) is 4.81. The molecule has 1 aliphatic carbocycles. The van der Waals surface area contributed by atoms with Crippen LogP contribution < -0.4 is 0 Å². The van der Waals surface area contributed by atoms with Gasteiger partial charge in [-0.3, -0.25) is 0 Å². The minimum absolute atomic E-state index is 0.476. The van der Waals surface area contributed by atoms with Gasteiger partial charge >= 0.3 is 0 Å². The predicted octanol–water partition coefficient (Wildman–Crippen LogP) is 1.49. The smallest absolute Gasteiger partial charge is 0.105 e. The van der Waals surface area contributed by atoms with E-state index in [1.54, 1.807) is 0 Å². The van der Waals surface area contributed by atoms with Crippen LogP contribution in [0.5, 0.6) is 0 Å². The van der Waals surface area contributed by atoms with Gasteiger partial charge in [0.05, 0.1) is 6.10 Å². The second-order valence-electron chi connectivity index (χ2n) is 2.65. The molecule has 0 aromatic heterocycles. The van der Waals surface area contributed by atoms with E-state index in [1.165, 1.54) is 24.8 Å². The summed E-state index contributed by atoms with van der Waals surface area (Å²) in [6.45, 7) is 3.91. The molecule has 0 N–H and O–H groups in total. The third kappa shape index (κ3) is 0.511. The predicted molar refractivity (Wildman–Crippen MR) is 31.7 cm³/mol. The first kappa shape index (κ1) is 4.57. The molecule has 2 rings (SSSR count). The first-order valence-electron chi connectivity index (χ1n) is 3.21. The zero-order chi connectivity index (χ0) is 5.56. The Kier molecular flexibility index (Phi) is 0.770. The Balaban J connectivity index is 2.08. The lowest BCUT2D eigenvalue weighted by molar-refractivity contribution is 0.384. The van der Waals surface area contributed by atoms with E-state index in [-0.39, 0.29) is 0 Å². The van der Waals surface area contributed by atoms with Crippen LogP contribution in [-0.4, -0.2) is 12.2 Å². The molecular formula is C7H10O. The Labute approximate surface area is 49.3 Å². The van der Waals surface area contributed by atoms with Crippen LogP contribution in [0.1, 0.15) is 19.3 Å². The van der Waals surface area contributed by atoms with Gasteiger partial charge in [-0.1, -0.05) is 6.58 Å². The summed E-state index contributed by atoms with van der Waals surface area (Å²) in [7, 11) is 0. The first-order valence-corrected chi connectivity index (χ1v) is 3.21. The second-order valence-corrected chi connectivity index (χ2v) is 2.65. The van der Waals surface area contributed by atoms with E-state index in [1.807, 2.05) is 0 Å². The highest BCUT2D eigenvalue weighted by Gasteiger charge is 2.42. The Morgan fingerprint density at radius 2 is 2.50 bits per heavy atom. The van der Waals surface area contributed by atoms with Crippen molar-refractivity contribution in [3.8, 4) is 0 Å². The monoisotopic (exact) mass is 110 g/mol. The van der Waals surface area contributed by atoms with Gasteiger partial charge in [0.2, 0.25) is 0 Å². The molecule has 0 amide bonds. The van der Waals surface area contributed by atoms with Gasteiger partial charge in [-0.15, -0.1) is 0 Å². The Bertz CT molecular complexity index is 128. The maximum absolute atomic E-state index is 5.29. The van der Waals surface area contributed by atoms with Crippen molar-refractivity contribution in [1.29, 1.82) is 0 Å². The van der Waals surface area contributed by atoms with Crippen molar-refractivity contribution < 1.29 is 4.74 Å². The summed E-state index contributed by atoms with van der Waals surface area (Å²) in [4.78, 5) is 0. The fourth-order valence-corrected chi connectivity index (χ4v) is 1.39. The van der Waals surface area contributed by atoms with Gasteiger partial charge in [0, 0.05) is 0 Å². The molecule has 2 aliphatic rings. The summed E-state index contributed by atoms with van der Waals surface area (Å²) in [5, 5.41) is 0. The van der Waals surface area contributed by atoms with Gasteiger partial charge in [-0.25, -0.2) is 0 Å². The van der Waals surface area contributed by atoms with Crippen LogP contribution in [-0.2, 0) is 4.74 Å². The van der Waals surface area contributed by atoms with Crippen LogP contribution in [0.2, 0.25) is 0 Å². The average molecular weight is 110 g/mol. The maximum atomic E-state index is 5.29. The molecular weight excluding hydrogens is 100 g/mol. The molecule has 1 aliphatic heterocycles. The van der Waals surface area contributed by atoms with E-state index in [0.717, 1.165) is 0 Å². The topological polar surface area (TPSA) is 12.5 Å². The van der Waals surface area contributed by atoms with Crippen molar-refractivity contribution >= 4 is 0 Å². The molecule has 0 radical (unpaired) electrons. The van der Waals surface area contributed by atoms with Crippen molar-refractivity contribution in [2.75, 3.05) is 0 Å². The minimum Gasteiger partial charge on any atom is -0.365 e. The molecule has 44 valence electrons. The average Bonchev–Trinajstić information content (AvgIpc) is 2.45. The summed E-state index contributed by atoms with van der Waals surface area (Å²) < 4.78 is 5.29. The van der Waals surface area contributed by atoms with Crippen LogP contribution in [0, 0.1) is 0 Å². The molecule has 0 spiro atoms. The molecule has 1 heteroatoms. The number of rotatable bonds is 0. The van der Waals surface area contributed by atoms with Gasteiger partial charge < -0.3 is 4.74 Å². The van der Waals surface area contributed by atoms with Gasteiger partial charge in [0.25, 0.3) is 0 Å². The molecule has 2 fully saturated rings. The molecule has 1 saturated carbocycles. The van der Waals surface area contributed by atoms with Crippen molar-refractivity contribution in [2.24, 2.45) is 0 Å². The maximum Gasteiger partial charge on any atom is 0.105 e. The lowest BCUT2D eigenvalue weighted by atomic mass is 9.97. The van der Waals surface area contributed by atoms with Crippen LogP contribution in [0.15, 0.2) is 12.2 Å². The van der Waals surface area contributed by atoms with E-state index >= 15 is 0 Å².